The molecule has 0 amide bonds. The SMILES string of the molecule is Cc1ccc(S(C)(=O)=O)cc1C(C)CCN. The fourth-order valence-electron chi connectivity index (χ4n) is 1.79. The minimum atomic E-state index is -3.12. The summed E-state index contributed by atoms with van der Waals surface area (Å²) in [4.78, 5) is 0.386. The highest BCUT2D eigenvalue weighted by molar-refractivity contribution is 7.90. The molecule has 1 aromatic rings. The molecule has 1 rings (SSSR count). The van der Waals surface area contributed by atoms with Crippen molar-refractivity contribution in [1.82, 2.24) is 0 Å². The fraction of sp³-hybridized carbons (Fsp3) is 0.500. The van der Waals surface area contributed by atoms with Gasteiger partial charge in [-0.2, -0.15) is 0 Å². The maximum absolute atomic E-state index is 11.5. The van der Waals surface area contributed by atoms with Gasteiger partial charge in [0.1, 0.15) is 0 Å². The molecule has 1 aromatic carbocycles. The van der Waals surface area contributed by atoms with Crippen LogP contribution < -0.4 is 5.73 Å². The van der Waals surface area contributed by atoms with Gasteiger partial charge in [-0.15, -0.1) is 0 Å². The molecule has 0 heterocycles. The van der Waals surface area contributed by atoms with Crippen LogP contribution in [0.5, 0.6) is 0 Å². The first-order valence-corrected chi connectivity index (χ1v) is 7.26. The maximum Gasteiger partial charge on any atom is 0.175 e. The van der Waals surface area contributed by atoms with Gasteiger partial charge in [-0.1, -0.05) is 13.0 Å². The molecular formula is C12H19NO2S. The molecule has 0 radical (unpaired) electrons. The van der Waals surface area contributed by atoms with Crippen molar-refractivity contribution < 1.29 is 8.42 Å². The van der Waals surface area contributed by atoms with Gasteiger partial charge in [0.2, 0.25) is 0 Å². The molecule has 2 N–H and O–H groups in total. The molecular weight excluding hydrogens is 222 g/mol. The zero-order valence-electron chi connectivity index (χ0n) is 10.0. The monoisotopic (exact) mass is 241 g/mol. The Morgan fingerprint density at radius 1 is 1.38 bits per heavy atom. The van der Waals surface area contributed by atoms with Gasteiger partial charge in [0.25, 0.3) is 0 Å². The zero-order valence-corrected chi connectivity index (χ0v) is 10.8. The van der Waals surface area contributed by atoms with E-state index < -0.39 is 9.84 Å². The highest BCUT2D eigenvalue weighted by atomic mass is 32.2. The Morgan fingerprint density at radius 3 is 2.50 bits per heavy atom. The first-order valence-electron chi connectivity index (χ1n) is 5.37. The summed E-state index contributed by atoms with van der Waals surface area (Å²) in [6.45, 7) is 4.68. The van der Waals surface area contributed by atoms with E-state index in [9.17, 15) is 8.42 Å². The van der Waals surface area contributed by atoms with Gasteiger partial charge in [-0.05, 0) is 49.1 Å². The van der Waals surface area contributed by atoms with E-state index in [1.54, 1.807) is 12.1 Å². The molecule has 1 unspecified atom stereocenters. The van der Waals surface area contributed by atoms with Crippen LogP contribution in [0.3, 0.4) is 0 Å². The molecule has 0 aliphatic rings. The lowest BCUT2D eigenvalue weighted by molar-refractivity contribution is 0.601. The molecule has 0 spiro atoms. The topological polar surface area (TPSA) is 60.2 Å². The highest BCUT2D eigenvalue weighted by Gasteiger charge is 2.13. The summed E-state index contributed by atoms with van der Waals surface area (Å²) >= 11 is 0. The number of benzene rings is 1. The normalized spacial score (nSPS) is 13.8. The van der Waals surface area contributed by atoms with E-state index in [0.29, 0.717) is 17.4 Å². The lowest BCUT2D eigenvalue weighted by Crippen LogP contribution is -2.07. The van der Waals surface area contributed by atoms with Gasteiger partial charge in [-0.3, -0.25) is 0 Å². The molecule has 4 heteroatoms. The zero-order chi connectivity index (χ0) is 12.3. The van der Waals surface area contributed by atoms with Crippen molar-refractivity contribution in [3.8, 4) is 0 Å². The molecule has 1 atom stereocenters. The predicted molar refractivity (Wildman–Crippen MR) is 66.4 cm³/mol. The van der Waals surface area contributed by atoms with Crippen LogP contribution in [0.1, 0.15) is 30.4 Å². The Kier molecular flexibility index (Phi) is 4.10. The van der Waals surface area contributed by atoms with Crippen molar-refractivity contribution in [2.24, 2.45) is 5.73 Å². The first kappa shape index (κ1) is 13.2. The molecule has 0 fully saturated rings. The smallest absolute Gasteiger partial charge is 0.175 e. The second kappa shape index (κ2) is 4.97. The lowest BCUT2D eigenvalue weighted by atomic mass is 9.94. The summed E-state index contributed by atoms with van der Waals surface area (Å²) in [6, 6.07) is 5.28. The van der Waals surface area contributed by atoms with Gasteiger partial charge in [0.15, 0.2) is 9.84 Å². The van der Waals surface area contributed by atoms with Gasteiger partial charge in [-0.25, -0.2) is 8.42 Å². The maximum atomic E-state index is 11.5. The van der Waals surface area contributed by atoms with Crippen LogP contribution in [-0.2, 0) is 9.84 Å². The second-order valence-electron chi connectivity index (χ2n) is 4.27. The standard InChI is InChI=1S/C12H19NO2S/c1-9-4-5-11(16(3,14)15)8-12(9)10(2)6-7-13/h4-5,8,10H,6-7,13H2,1-3H3. The number of rotatable bonds is 4. The largest absolute Gasteiger partial charge is 0.330 e. The fourth-order valence-corrected chi connectivity index (χ4v) is 2.44. The Balaban J connectivity index is 3.19. The van der Waals surface area contributed by atoms with Crippen LogP contribution in [0.4, 0.5) is 0 Å². The summed E-state index contributed by atoms with van der Waals surface area (Å²) < 4.78 is 22.9. The van der Waals surface area contributed by atoms with E-state index in [4.69, 9.17) is 5.73 Å². The van der Waals surface area contributed by atoms with Gasteiger partial charge < -0.3 is 5.73 Å². The number of aryl methyl sites for hydroxylation is 1. The van der Waals surface area contributed by atoms with Crippen LogP contribution in [0.2, 0.25) is 0 Å². The second-order valence-corrected chi connectivity index (χ2v) is 6.28. The van der Waals surface area contributed by atoms with E-state index in [1.807, 2.05) is 13.0 Å². The van der Waals surface area contributed by atoms with Crippen LogP contribution in [-0.4, -0.2) is 21.2 Å². The summed E-state index contributed by atoms with van der Waals surface area (Å²) in [7, 11) is -3.12. The summed E-state index contributed by atoms with van der Waals surface area (Å²) in [5.74, 6) is 0.298. The van der Waals surface area contributed by atoms with E-state index in [0.717, 1.165) is 17.5 Å². The molecule has 0 saturated carbocycles. The van der Waals surface area contributed by atoms with Crippen LogP contribution in [0.15, 0.2) is 23.1 Å². The average molecular weight is 241 g/mol. The number of nitrogens with two attached hydrogens (primary N) is 1. The third kappa shape index (κ3) is 3.06. The molecule has 0 bridgehead atoms. The molecule has 0 aliphatic heterocycles. The van der Waals surface area contributed by atoms with E-state index in [-0.39, 0.29) is 0 Å². The van der Waals surface area contributed by atoms with Crippen LogP contribution in [0, 0.1) is 6.92 Å². The number of hydrogen-bond donors (Lipinski definition) is 1. The minimum Gasteiger partial charge on any atom is -0.330 e. The first-order chi connectivity index (χ1) is 7.36. The summed E-state index contributed by atoms with van der Waals surface area (Å²) in [6.07, 6.45) is 2.10. The van der Waals surface area contributed by atoms with Crippen molar-refractivity contribution in [1.29, 1.82) is 0 Å². The molecule has 0 aromatic heterocycles. The Morgan fingerprint density at radius 2 is 2.00 bits per heavy atom. The van der Waals surface area contributed by atoms with Crippen molar-refractivity contribution in [2.75, 3.05) is 12.8 Å². The third-order valence-corrected chi connectivity index (χ3v) is 3.92. The Labute approximate surface area is 97.6 Å². The predicted octanol–water partition coefficient (Wildman–Crippen LogP) is 1.85. The van der Waals surface area contributed by atoms with Crippen molar-refractivity contribution >= 4 is 9.84 Å². The molecule has 90 valence electrons. The van der Waals surface area contributed by atoms with Gasteiger partial charge >= 0.3 is 0 Å². The van der Waals surface area contributed by atoms with E-state index in [1.165, 1.54) is 6.26 Å². The molecule has 0 aliphatic carbocycles. The van der Waals surface area contributed by atoms with Crippen LogP contribution >= 0.6 is 0 Å². The van der Waals surface area contributed by atoms with Crippen LogP contribution in [0.25, 0.3) is 0 Å². The Bertz CT molecular complexity index is 466. The quantitative estimate of drug-likeness (QED) is 0.875. The van der Waals surface area contributed by atoms with E-state index in [2.05, 4.69) is 6.92 Å². The van der Waals surface area contributed by atoms with Gasteiger partial charge in [0, 0.05) is 6.26 Å². The average Bonchev–Trinajstić information content (AvgIpc) is 2.16. The number of hydrogen-bond acceptors (Lipinski definition) is 3. The van der Waals surface area contributed by atoms with Crippen molar-refractivity contribution in [3.05, 3.63) is 29.3 Å². The third-order valence-electron chi connectivity index (χ3n) is 2.81. The van der Waals surface area contributed by atoms with E-state index >= 15 is 0 Å². The van der Waals surface area contributed by atoms with Crippen molar-refractivity contribution in [2.45, 2.75) is 31.1 Å². The summed E-state index contributed by atoms with van der Waals surface area (Å²) in [5.41, 5.74) is 7.72. The molecule has 16 heavy (non-hydrogen) atoms. The summed E-state index contributed by atoms with van der Waals surface area (Å²) in [5, 5.41) is 0. The molecule has 3 nitrogen and oxygen atoms in total. The van der Waals surface area contributed by atoms with Crippen molar-refractivity contribution in [3.63, 3.8) is 0 Å². The lowest BCUT2D eigenvalue weighted by Gasteiger charge is -2.14. The molecule has 0 saturated heterocycles. The number of sulfone groups is 1. The highest BCUT2D eigenvalue weighted by Crippen LogP contribution is 2.25. The Hall–Kier alpha value is -0.870. The van der Waals surface area contributed by atoms with Gasteiger partial charge in [0.05, 0.1) is 4.90 Å². The minimum absolute atomic E-state index is 0.298.